The van der Waals surface area contributed by atoms with Crippen LogP contribution in [0, 0.1) is 5.92 Å². The zero-order valence-electron chi connectivity index (χ0n) is 4.95. The first kappa shape index (κ1) is 8.32. The lowest BCUT2D eigenvalue weighted by atomic mass is 10.1. The molecule has 1 atom stereocenters. The molecule has 0 aliphatic carbocycles. The molecular weight excluding hydrogens is 143 g/mol. The van der Waals surface area contributed by atoms with Gasteiger partial charge in [-0.25, -0.2) is 0 Å². The summed E-state index contributed by atoms with van der Waals surface area (Å²) in [7, 11) is 0. The van der Waals surface area contributed by atoms with Gasteiger partial charge in [-0.3, -0.25) is 0 Å². The van der Waals surface area contributed by atoms with E-state index in [1.165, 1.54) is 0 Å². The average molecular weight is 153 g/mol. The Morgan fingerprint density at radius 1 is 1.75 bits per heavy atom. The third-order valence-electron chi connectivity index (χ3n) is 0.833. The van der Waals surface area contributed by atoms with Gasteiger partial charge in [0.25, 0.3) is 0 Å². The van der Waals surface area contributed by atoms with E-state index in [4.69, 9.17) is 23.2 Å². The lowest BCUT2D eigenvalue weighted by molar-refractivity contribution is 0.666. The van der Waals surface area contributed by atoms with Gasteiger partial charge in [-0.2, -0.15) is 0 Å². The van der Waals surface area contributed by atoms with Gasteiger partial charge in [-0.05, 0) is 12.3 Å². The molecule has 0 aliphatic rings. The summed E-state index contributed by atoms with van der Waals surface area (Å²) in [4.78, 5) is 0. The number of halogens is 2. The Kier molecular flexibility index (Phi) is 4.39. The quantitative estimate of drug-likeness (QED) is 0.546. The number of alkyl halides is 1. The maximum Gasteiger partial charge on any atom is 0.0252 e. The van der Waals surface area contributed by atoms with Crippen molar-refractivity contribution in [3.8, 4) is 0 Å². The molecule has 0 aliphatic heterocycles. The molecule has 48 valence electrons. The van der Waals surface area contributed by atoms with Gasteiger partial charge in [0.2, 0.25) is 0 Å². The molecule has 0 spiro atoms. The number of hydrogen-bond donors (Lipinski definition) is 0. The van der Waals surface area contributed by atoms with Crippen LogP contribution >= 0.6 is 23.2 Å². The van der Waals surface area contributed by atoms with Crippen molar-refractivity contribution < 1.29 is 0 Å². The van der Waals surface area contributed by atoms with E-state index in [0.29, 0.717) is 16.8 Å². The fourth-order valence-corrected chi connectivity index (χ4v) is 0.805. The van der Waals surface area contributed by atoms with Crippen molar-refractivity contribution in [1.82, 2.24) is 0 Å². The van der Waals surface area contributed by atoms with Crippen molar-refractivity contribution in [2.45, 2.75) is 13.3 Å². The molecule has 0 heterocycles. The van der Waals surface area contributed by atoms with Crippen molar-refractivity contribution in [3.05, 3.63) is 11.6 Å². The van der Waals surface area contributed by atoms with Gasteiger partial charge in [0.05, 0.1) is 0 Å². The summed E-state index contributed by atoms with van der Waals surface area (Å²) in [6, 6.07) is 0. The minimum atomic E-state index is 0.460. The largest absolute Gasteiger partial charge is 0.126 e. The topological polar surface area (TPSA) is 0 Å². The van der Waals surface area contributed by atoms with Crippen LogP contribution in [0.5, 0.6) is 0 Å². The Morgan fingerprint density at radius 3 is 2.38 bits per heavy atom. The molecular formula is C6H10Cl2. The summed E-state index contributed by atoms with van der Waals surface area (Å²) in [5, 5.41) is 0.693. The van der Waals surface area contributed by atoms with E-state index in [9.17, 15) is 0 Å². The van der Waals surface area contributed by atoms with Gasteiger partial charge in [0, 0.05) is 10.9 Å². The fraction of sp³-hybridized carbons (Fsp3) is 0.667. The predicted octanol–water partition coefficient (Wildman–Crippen LogP) is 3.00. The molecule has 0 radical (unpaired) electrons. The molecule has 0 aromatic heterocycles. The van der Waals surface area contributed by atoms with Crippen LogP contribution in [-0.2, 0) is 0 Å². The first-order valence-corrected chi connectivity index (χ1v) is 3.47. The van der Waals surface area contributed by atoms with Crippen LogP contribution in [0.4, 0.5) is 0 Å². The number of hydrogen-bond acceptors (Lipinski definition) is 0. The summed E-state index contributed by atoms with van der Waals surface area (Å²) in [6.45, 7) is 5.59. The zero-order valence-corrected chi connectivity index (χ0v) is 6.47. The molecule has 0 N–H and O–H groups in total. The molecule has 0 rings (SSSR count). The Morgan fingerprint density at radius 2 is 2.25 bits per heavy atom. The summed E-state index contributed by atoms with van der Waals surface area (Å²) < 4.78 is 0. The van der Waals surface area contributed by atoms with E-state index in [1.807, 2.05) is 6.92 Å². The van der Waals surface area contributed by atoms with Gasteiger partial charge in [0.15, 0.2) is 0 Å². The van der Waals surface area contributed by atoms with Crippen LogP contribution in [0.1, 0.15) is 13.3 Å². The van der Waals surface area contributed by atoms with E-state index < -0.39 is 0 Å². The summed E-state index contributed by atoms with van der Waals surface area (Å²) in [5.74, 6) is 1.12. The van der Waals surface area contributed by atoms with Crippen LogP contribution in [0.3, 0.4) is 0 Å². The average Bonchev–Trinajstić information content (AvgIpc) is 1.65. The van der Waals surface area contributed by atoms with E-state index in [2.05, 4.69) is 6.58 Å². The third kappa shape index (κ3) is 4.48. The van der Waals surface area contributed by atoms with Crippen molar-refractivity contribution in [2.24, 2.45) is 5.92 Å². The zero-order chi connectivity index (χ0) is 6.57. The summed E-state index contributed by atoms with van der Waals surface area (Å²) in [6.07, 6.45) is 0.824. The van der Waals surface area contributed by atoms with Gasteiger partial charge in [-0.1, -0.05) is 25.1 Å². The first-order chi connectivity index (χ1) is 3.66. The maximum atomic E-state index is 5.50. The highest BCUT2D eigenvalue weighted by Gasteiger charge is 1.98. The second-order valence-electron chi connectivity index (χ2n) is 1.98. The van der Waals surface area contributed by atoms with Crippen LogP contribution in [0.2, 0.25) is 0 Å². The second kappa shape index (κ2) is 4.22. The first-order valence-electron chi connectivity index (χ1n) is 2.56. The molecule has 1 unspecified atom stereocenters. The molecule has 0 saturated carbocycles. The van der Waals surface area contributed by atoms with Crippen LogP contribution in [0.15, 0.2) is 11.6 Å². The summed E-state index contributed by atoms with van der Waals surface area (Å²) >= 11 is 11.0. The standard InChI is InChI=1S/C6H10Cl2/c1-5(4-7)3-6(2)8/h5H,2-4H2,1H3. The van der Waals surface area contributed by atoms with Crippen LogP contribution < -0.4 is 0 Å². The van der Waals surface area contributed by atoms with Crippen LogP contribution in [0.25, 0.3) is 0 Å². The SMILES string of the molecule is C=C(Cl)CC(C)CCl. The molecule has 0 aromatic carbocycles. The summed E-state index contributed by atoms with van der Waals surface area (Å²) in [5.41, 5.74) is 0. The minimum Gasteiger partial charge on any atom is -0.126 e. The van der Waals surface area contributed by atoms with E-state index in [0.717, 1.165) is 6.42 Å². The van der Waals surface area contributed by atoms with Gasteiger partial charge in [-0.15, -0.1) is 11.6 Å². The number of allylic oxidation sites excluding steroid dienone is 1. The molecule has 8 heavy (non-hydrogen) atoms. The molecule has 0 amide bonds. The Bertz CT molecular complexity index is 78.6. The Hall–Kier alpha value is 0.320. The fourth-order valence-electron chi connectivity index (χ4n) is 0.433. The second-order valence-corrected chi connectivity index (χ2v) is 2.82. The Labute approximate surface area is 60.5 Å². The molecule has 0 nitrogen and oxygen atoms in total. The Balaban J connectivity index is 3.24. The van der Waals surface area contributed by atoms with E-state index in [1.54, 1.807) is 0 Å². The monoisotopic (exact) mass is 152 g/mol. The molecule has 0 aromatic rings. The van der Waals surface area contributed by atoms with E-state index >= 15 is 0 Å². The highest BCUT2D eigenvalue weighted by Crippen LogP contribution is 2.13. The molecule has 0 fully saturated rings. The predicted molar refractivity (Wildman–Crippen MR) is 39.5 cm³/mol. The van der Waals surface area contributed by atoms with Crippen molar-refractivity contribution in [1.29, 1.82) is 0 Å². The van der Waals surface area contributed by atoms with Gasteiger partial charge >= 0.3 is 0 Å². The third-order valence-corrected chi connectivity index (χ3v) is 1.51. The van der Waals surface area contributed by atoms with Crippen molar-refractivity contribution in [3.63, 3.8) is 0 Å². The van der Waals surface area contributed by atoms with Crippen molar-refractivity contribution >= 4 is 23.2 Å². The van der Waals surface area contributed by atoms with Gasteiger partial charge in [0.1, 0.15) is 0 Å². The lowest BCUT2D eigenvalue weighted by Crippen LogP contribution is -1.93. The van der Waals surface area contributed by atoms with Crippen LogP contribution in [-0.4, -0.2) is 5.88 Å². The van der Waals surface area contributed by atoms with E-state index in [-0.39, 0.29) is 0 Å². The molecule has 0 bridgehead atoms. The highest BCUT2D eigenvalue weighted by atomic mass is 35.5. The minimum absolute atomic E-state index is 0.460. The molecule has 2 heteroatoms. The van der Waals surface area contributed by atoms with Gasteiger partial charge < -0.3 is 0 Å². The molecule has 0 saturated heterocycles. The normalized spacial score (nSPS) is 13.4. The maximum absolute atomic E-state index is 5.50. The van der Waals surface area contributed by atoms with Crippen molar-refractivity contribution in [2.75, 3.05) is 5.88 Å². The smallest absolute Gasteiger partial charge is 0.0252 e. The lowest BCUT2D eigenvalue weighted by Gasteiger charge is -2.02. The number of rotatable bonds is 3. The highest BCUT2D eigenvalue weighted by molar-refractivity contribution is 6.29.